The van der Waals surface area contributed by atoms with E-state index in [0.717, 1.165) is 6.08 Å². The lowest BCUT2D eigenvalue weighted by atomic mass is 10.6. The van der Waals surface area contributed by atoms with Gasteiger partial charge in [-0.25, -0.2) is 0 Å². The lowest BCUT2D eigenvalue weighted by Crippen LogP contribution is -1.76. The zero-order valence-corrected chi connectivity index (χ0v) is 5.14. The van der Waals surface area contributed by atoms with E-state index < -0.39 is 7.60 Å². The van der Waals surface area contributed by atoms with Gasteiger partial charge in [-0.15, -0.1) is 0 Å². The second-order valence-electron chi connectivity index (χ2n) is 1.24. The Kier molecular flexibility index (Phi) is 2.16. The molecule has 0 unspecified atom stereocenters. The van der Waals surface area contributed by atoms with Crippen molar-refractivity contribution in [2.75, 3.05) is 0 Å². The van der Waals surface area contributed by atoms with Crippen LogP contribution in [0.3, 0.4) is 0 Å². The Morgan fingerprint density at radius 3 is 2.00 bits per heavy atom. The summed E-state index contributed by atoms with van der Waals surface area (Å²) in [6.07, 6.45) is 1.04. The molecule has 0 aliphatic heterocycles. The van der Waals surface area contributed by atoms with Gasteiger partial charge in [0.15, 0.2) is 0 Å². The standard InChI is InChI=1S/C4H7O3P/c1-3-4(2)8(5,6)7/h3H,1-2H2,(H2,5,6,7). The van der Waals surface area contributed by atoms with Crippen molar-refractivity contribution >= 4 is 7.60 Å². The molecule has 2 N–H and O–H groups in total. The predicted octanol–water partition coefficient (Wildman–Crippen LogP) is 0.864. The molecule has 0 aromatic rings. The van der Waals surface area contributed by atoms with Gasteiger partial charge in [-0.3, -0.25) is 4.57 Å². The van der Waals surface area contributed by atoms with Gasteiger partial charge in [0.2, 0.25) is 0 Å². The van der Waals surface area contributed by atoms with E-state index in [9.17, 15) is 4.57 Å². The molecule has 0 aromatic heterocycles. The van der Waals surface area contributed by atoms with Crippen LogP contribution in [0, 0.1) is 0 Å². The quantitative estimate of drug-likeness (QED) is 0.435. The Hall–Kier alpha value is -0.370. The van der Waals surface area contributed by atoms with Crippen LogP contribution in [0.15, 0.2) is 24.5 Å². The third-order valence-electron chi connectivity index (χ3n) is 0.610. The van der Waals surface area contributed by atoms with Crippen LogP contribution in [-0.4, -0.2) is 9.79 Å². The molecule has 0 aromatic carbocycles. The van der Waals surface area contributed by atoms with Crippen LogP contribution in [0.4, 0.5) is 0 Å². The van der Waals surface area contributed by atoms with Gasteiger partial charge in [0.05, 0.1) is 5.31 Å². The molecule has 0 bridgehead atoms. The highest BCUT2D eigenvalue weighted by molar-refractivity contribution is 7.56. The van der Waals surface area contributed by atoms with Crippen LogP contribution in [-0.2, 0) is 4.57 Å². The van der Waals surface area contributed by atoms with Crippen LogP contribution in [0.25, 0.3) is 0 Å². The molecule has 0 atom stereocenters. The SMILES string of the molecule is C=CC(=C)P(=O)(O)O. The summed E-state index contributed by atoms with van der Waals surface area (Å²) in [4.78, 5) is 16.5. The lowest BCUT2D eigenvalue weighted by Gasteiger charge is -1.98. The van der Waals surface area contributed by atoms with E-state index >= 15 is 0 Å². The molecule has 0 amide bonds. The highest BCUT2D eigenvalue weighted by Crippen LogP contribution is 2.43. The third-order valence-corrected chi connectivity index (χ3v) is 1.54. The molecule has 0 aliphatic carbocycles. The molecule has 0 saturated carbocycles. The maximum absolute atomic E-state index is 10.1. The van der Waals surface area contributed by atoms with Crippen molar-refractivity contribution in [3.05, 3.63) is 24.5 Å². The van der Waals surface area contributed by atoms with Crippen molar-refractivity contribution in [2.45, 2.75) is 0 Å². The van der Waals surface area contributed by atoms with Crippen LogP contribution in [0.2, 0.25) is 0 Å². The van der Waals surface area contributed by atoms with Crippen LogP contribution in [0.1, 0.15) is 0 Å². The van der Waals surface area contributed by atoms with Gasteiger partial charge < -0.3 is 9.79 Å². The molecule has 46 valence electrons. The molecule has 0 radical (unpaired) electrons. The van der Waals surface area contributed by atoms with E-state index in [2.05, 4.69) is 13.2 Å². The number of rotatable bonds is 2. The number of allylic oxidation sites excluding steroid dienone is 2. The molecule has 0 fully saturated rings. The summed E-state index contributed by atoms with van der Waals surface area (Å²) < 4.78 is 10.1. The summed E-state index contributed by atoms with van der Waals surface area (Å²) in [6.45, 7) is 6.20. The maximum Gasteiger partial charge on any atom is 0.355 e. The van der Waals surface area contributed by atoms with Gasteiger partial charge in [0.25, 0.3) is 0 Å². The molecule has 4 heteroatoms. The molecule has 0 saturated heterocycles. The minimum Gasteiger partial charge on any atom is -0.321 e. The van der Waals surface area contributed by atoms with Crippen molar-refractivity contribution < 1.29 is 14.4 Å². The van der Waals surface area contributed by atoms with Gasteiger partial charge in [-0.05, 0) is 0 Å². The van der Waals surface area contributed by atoms with E-state index in [1.54, 1.807) is 0 Å². The molecule has 0 rings (SSSR count). The Morgan fingerprint density at radius 1 is 1.62 bits per heavy atom. The molecule has 0 aliphatic rings. The van der Waals surface area contributed by atoms with Crippen molar-refractivity contribution in [1.82, 2.24) is 0 Å². The first kappa shape index (κ1) is 7.63. The van der Waals surface area contributed by atoms with E-state index in [1.807, 2.05) is 0 Å². The van der Waals surface area contributed by atoms with Gasteiger partial charge in [-0.2, -0.15) is 0 Å². The molecule has 8 heavy (non-hydrogen) atoms. The second kappa shape index (κ2) is 2.27. The Bertz CT molecular complexity index is 155. The normalized spacial score (nSPS) is 10.8. The molecule has 3 nitrogen and oxygen atoms in total. The summed E-state index contributed by atoms with van der Waals surface area (Å²) in [7, 11) is -4.07. The minimum absolute atomic E-state index is 0.238. The zero-order chi connectivity index (χ0) is 6.78. The zero-order valence-electron chi connectivity index (χ0n) is 4.24. The second-order valence-corrected chi connectivity index (χ2v) is 2.90. The third kappa shape index (κ3) is 2.07. The fourth-order valence-corrected chi connectivity index (χ4v) is 0.357. The summed E-state index contributed by atoms with van der Waals surface area (Å²) in [5.74, 6) is 0. The van der Waals surface area contributed by atoms with Crippen molar-refractivity contribution in [2.24, 2.45) is 0 Å². The van der Waals surface area contributed by atoms with Crippen molar-refractivity contribution in [1.29, 1.82) is 0 Å². The van der Waals surface area contributed by atoms with Gasteiger partial charge in [0.1, 0.15) is 0 Å². The predicted molar refractivity (Wildman–Crippen MR) is 31.4 cm³/mol. The molecule has 0 heterocycles. The summed E-state index contributed by atoms with van der Waals surface area (Å²) in [5.41, 5.74) is 0. The minimum atomic E-state index is -4.07. The fourth-order valence-electron chi connectivity index (χ4n) is 0.119. The summed E-state index contributed by atoms with van der Waals surface area (Å²) in [5, 5.41) is -0.238. The molecular weight excluding hydrogens is 127 g/mol. The topological polar surface area (TPSA) is 57.5 Å². The Balaban J connectivity index is 4.26. The van der Waals surface area contributed by atoms with E-state index in [4.69, 9.17) is 9.79 Å². The van der Waals surface area contributed by atoms with Gasteiger partial charge in [-0.1, -0.05) is 19.2 Å². The molecular formula is C4H7O3P. The monoisotopic (exact) mass is 134 g/mol. The number of hydrogen-bond donors (Lipinski definition) is 2. The van der Waals surface area contributed by atoms with Crippen LogP contribution >= 0.6 is 7.60 Å². The van der Waals surface area contributed by atoms with E-state index in [-0.39, 0.29) is 5.31 Å². The maximum atomic E-state index is 10.1. The lowest BCUT2D eigenvalue weighted by molar-refractivity contribution is 0.383. The smallest absolute Gasteiger partial charge is 0.321 e. The van der Waals surface area contributed by atoms with Gasteiger partial charge >= 0.3 is 7.60 Å². The van der Waals surface area contributed by atoms with Crippen LogP contribution in [0.5, 0.6) is 0 Å². The molecule has 0 spiro atoms. The highest BCUT2D eigenvalue weighted by atomic mass is 31.2. The fraction of sp³-hybridized carbons (Fsp3) is 0. The average molecular weight is 134 g/mol. The van der Waals surface area contributed by atoms with Crippen molar-refractivity contribution in [3.63, 3.8) is 0 Å². The first-order valence-electron chi connectivity index (χ1n) is 1.86. The first-order valence-corrected chi connectivity index (χ1v) is 3.47. The summed E-state index contributed by atoms with van der Waals surface area (Å²) >= 11 is 0. The Morgan fingerprint density at radius 2 is 2.00 bits per heavy atom. The van der Waals surface area contributed by atoms with Crippen LogP contribution < -0.4 is 0 Å². The number of hydrogen-bond acceptors (Lipinski definition) is 1. The average Bonchev–Trinajstić information content (AvgIpc) is 1.62. The van der Waals surface area contributed by atoms with E-state index in [1.165, 1.54) is 0 Å². The Labute approximate surface area is 47.5 Å². The first-order chi connectivity index (χ1) is 3.48. The van der Waals surface area contributed by atoms with E-state index in [0.29, 0.717) is 0 Å². The highest BCUT2D eigenvalue weighted by Gasteiger charge is 2.13. The summed E-state index contributed by atoms with van der Waals surface area (Å²) in [6, 6.07) is 0. The largest absolute Gasteiger partial charge is 0.355 e. The van der Waals surface area contributed by atoms with Crippen molar-refractivity contribution in [3.8, 4) is 0 Å². The van der Waals surface area contributed by atoms with Gasteiger partial charge in [0, 0.05) is 0 Å².